The molecule has 3 atom stereocenters. The Kier molecular flexibility index (Phi) is 3.06. The second kappa shape index (κ2) is 4.24. The Balaban J connectivity index is 2.45. The average Bonchev–Trinajstić information content (AvgIpc) is 2.62. The molecular formula is C13H18O4. The standard InChI is InChI=1S/C13H18O4/c1-3-8-9-5-4-6-11(15)13(9,7-10(8)14)12(16)17-2/h8-9H,3-7H2,1-2H3/t8-,9-,13+/m0/s1. The summed E-state index contributed by atoms with van der Waals surface area (Å²) < 4.78 is 4.79. The predicted octanol–water partition coefficient (Wildman–Crippen LogP) is 1.51. The van der Waals surface area contributed by atoms with E-state index in [9.17, 15) is 14.4 Å². The van der Waals surface area contributed by atoms with Crippen LogP contribution in [0.15, 0.2) is 0 Å². The third-order valence-corrected chi connectivity index (χ3v) is 4.39. The second-order valence-corrected chi connectivity index (χ2v) is 5.04. The quantitative estimate of drug-likeness (QED) is 0.540. The van der Waals surface area contributed by atoms with Gasteiger partial charge in [0.15, 0.2) is 5.78 Å². The second-order valence-electron chi connectivity index (χ2n) is 5.04. The Hall–Kier alpha value is -1.19. The highest BCUT2D eigenvalue weighted by molar-refractivity contribution is 6.10. The third kappa shape index (κ3) is 1.53. The van der Waals surface area contributed by atoms with Gasteiger partial charge in [-0.3, -0.25) is 14.4 Å². The van der Waals surface area contributed by atoms with Gasteiger partial charge in [0.05, 0.1) is 7.11 Å². The fraction of sp³-hybridized carbons (Fsp3) is 0.769. The number of hydrogen-bond acceptors (Lipinski definition) is 4. The first-order valence-electron chi connectivity index (χ1n) is 6.22. The van der Waals surface area contributed by atoms with E-state index in [0.29, 0.717) is 12.8 Å². The Morgan fingerprint density at radius 1 is 1.47 bits per heavy atom. The number of ketones is 2. The molecule has 0 aromatic carbocycles. The summed E-state index contributed by atoms with van der Waals surface area (Å²) >= 11 is 0. The molecule has 0 saturated heterocycles. The number of methoxy groups -OCH3 is 1. The fourth-order valence-electron chi connectivity index (χ4n) is 3.60. The molecule has 0 spiro atoms. The van der Waals surface area contributed by atoms with Crippen molar-refractivity contribution in [1.29, 1.82) is 0 Å². The van der Waals surface area contributed by atoms with E-state index in [4.69, 9.17) is 4.74 Å². The van der Waals surface area contributed by atoms with Crippen LogP contribution in [0.4, 0.5) is 0 Å². The lowest BCUT2D eigenvalue weighted by molar-refractivity contribution is -0.163. The van der Waals surface area contributed by atoms with Crippen LogP contribution in [0, 0.1) is 17.3 Å². The van der Waals surface area contributed by atoms with Crippen molar-refractivity contribution < 1.29 is 19.1 Å². The van der Waals surface area contributed by atoms with E-state index < -0.39 is 11.4 Å². The van der Waals surface area contributed by atoms with Gasteiger partial charge in [-0.25, -0.2) is 0 Å². The smallest absolute Gasteiger partial charge is 0.320 e. The highest BCUT2D eigenvalue weighted by Gasteiger charge is 2.62. The summed E-state index contributed by atoms with van der Waals surface area (Å²) in [5.41, 5.74) is -1.15. The molecule has 0 aromatic rings. The maximum Gasteiger partial charge on any atom is 0.320 e. The Morgan fingerprint density at radius 2 is 2.18 bits per heavy atom. The van der Waals surface area contributed by atoms with Gasteiger partial charge in [-0.1, -0.05) is 6.92 Å². The average molecular weight is 238 g/mol. The highest BCUT2D eigenvalue weighted by atomic mass is 16.5. The maximum atomic E-state index is 12.2. The van der Waals surface area contributed by atoms with Crippen molar-refractivity contribution in [3.63, 3.8) is 0 Å². The lowest BCUT2D eigenvalue weighted by atomic mass is 9.65. The number of rotatable bonds is 2. The minimum atomic E-state index is -1.15. The number of carbonyl (C=O) groups is 3. The molecule has 0 unspecified atom stereocenters. The molecule has 2 aliphatic rings. The van der Waals surface area contributed by atoms with Gasteiger partial charge in [-0.2, -0.15) is 0 Å². The van der Waals surface area contributed by atoms with E-state index in [2.05, 4.69) is 0 Å². The van der Waals surface area contributed by atoms with Crippen molar-refractivity contribution in [1.82, 2.24) is 0 Å². The first-order valence-corrected chi connectivity index (χ1v) is 6.22. The van der Waals surface area contributed by atoms with E-state index >= 15 is 0 Å². The van der Waals surface area contributed by atoms with E-state index in [1.807, 2.05) is 6.92 Å². The van der Waals surface area contributed by atoms with Gasteiger partial charge in [0.25, 0.3) is 0 Å². The summed E-state index contributed by atoms with van der Waals surface area (Å²) in [6.45, 7) is 1.94. The number of carbonyl (C=O) groups excluding carboxylic acids is 3. The fourth-order valence-corrected chi connectivity index (χ4v) is 3.60. The van der Waals surface area contributed by atoms with Crippen molar-refractivity contribution in [3.8, 4) is 0 Å². The largest absolute Gasteiger partial charge is 0.468 e. The lowest BCUT2D eigenvalue weighted by Gasteiger charge is -2.36. The summed E-state index contributed by atoms with van der Waals surface area (Å²) in [5, 5.41) is 0. The van der Waals surface area contributed by atoms with E-state index in [1.165, 1.54) is 7.11 Å². The minimum absolute atomic E-state index is 0.0538. The van der Waals surface area contributed by atoms with Crippen molar-refractivity contribution in [2.24, 2.45) is 17.3 Å². The molecule has 0 amide bonds. The number of esters is 1. The number of Topliss-reactive ketones (excluding diaryl/α,β-unsaturated/α-hetero) is 2. The minimum Gasteiger partial charge on any atom is -0.468 e. The van der Waals surface area contributed by atoms with Crippen LogP contribution >= 0.6 is 0 Å². The Labute approximate surface area is 101 Å². The van der Waals surface area contributed by atoms with Crippen LogP contribution in [0.5, 0.6) is 0 Å². The monoisotopic (exact) mass is 238 g/mol. The van der Waals surface area contributed by atoms with Gasteiger partial charge in [0.1, 0.15) is 11.2 Å². The first-order chi connectivity index (χ1) is 8.07. The highest BCUT2D eigenvalue weighted by Crippen LogP contribution is 2.53. The van der Waals surface area contributed by atoms with Crippen molar-refractivity contribution in [2.45, 2.75) is 39.0 Å². The number of ether oxygens (including phenoxy) is 1. The molecule has 0 aromatic heterocycles. The molecule has 0 bridgehead atoms. The predicted molar refractivity (Wildman–Crippen MR) is 60.2 cm³/mol. The summed E-state index contributed by atoms with van der Waals surface area (Å²) in [5.74, 6) is -0.813. The summed E-state index contributed by atoms with van der Waals surface area (Å²) in [7, 11) is 1.29. The van der Waals surface area contributed by atoms with Gasteiger partial charge >= 0.3 is 5.97 Å². The van der Waals surface area contributed by atoms with Crippen LogP contribution in [0.2, 0.25) is 0 Å². The molecular weight excluding hydrogens is 220 g/mol. The van der Waals surface area contributed by atoms with Crippen LogP contribution in [0.25, 0.3) is 0 Å². The summed E-state index contributed by atoms with van der Waals surface area (Å²) in [6.07, 6.45) is 2.73. The third-order valence-electron chi connectivity index (χ3n) is 4.39. The summed E-state index contributed by atoms with van der Waals surface area (Å²) in [6, 6.07) is 0. The molecule has 2 fully saturated rings. The molecule has 0 radical (unpaired) electrons. The van der Waals surface area contributed by atoms with E-state index in [1.54, 1.807) is 0 Å². The van der Waals surface area contributed by atoms with Crippen LogP contribution < -0.4 is 0 Å². The molecule has 4 nitrogen and oxygen atoms in total. The van der Waals surface area contributed by atoms with E-state index in [-0.39, 0.29) is 29.8 Å². The van der Waals surface area contributed by atoms with Crippen LogP contribution in [0.1, 0.15) is 39.0 Å². The maximum absolute atomic E-state index is 12.2. The zero-order valence-corrected chi connectivity index (χ0v) is 10.3. The number of hydrogen-bond donors (Lipinski definition) is 0. The van der Waals surface area contributed by atoms with Crippen molar-refractivity contribution in [3.05, 3.63) is 0 Å². The molecule has 4 heteroatoms. The molecule has 0 aliphatic heterocycles. The van der Waals surface area contributed by atoms with Crippen LogP contribution in [-0.4, -0.2) is 24.6 Å². The molecule has 0 N–H and O–H groups in total. The molecule has 2 saturated carbocycles. The van der Waals surface area contributed by atoms with Crippen molar-refractivity contribution >= 4 is 17.5 Å². The Bertz CT molecular complexity index is 364. The van der Waals surface area contributed by atoms with Crippen LogP contribution in [0.3, 0.4) is 0 Å². The Morgan fingerprint density at radius 3 is 2.76 bits per heavy atom. The number of fused-ring (bicyclic) bond motifs is 1. The van der Waals surface area contributed by atoms with Crippen LogP contribution in [-0.2, 0) is 19.1 Å². The van der Waals surface area contributed by atoms with Gasteiger partial charge in [-0.05, 0) is 25.2 Å². The summed E-state index contributed by atoms with van der Waals surface area (Å²) in [4.78, 5) is 36.1. The van der Waals surface area contributed by atoms with Gasteiger partial charge in [-0.15, -0.1) is 0 Å². The van der Waals surface area contributed by atoms with Gasteiger partial charge in [0.2, 0.25) is 0 Å². The van der Waals surface area contributed by atoms with E-state index in [0.717, 1.165) is 12.8 Å². The molecule has 2 aliphatic carbocycles. The zero-order chi connectivity index (χ0) is 12.6. The molecule has 2 rings (SSSR count). The van der Waals surface area contributed by atoms with Crippen molar-refractivity contribution in [2.75, 3.05) is 7.11 Å². The topological polar surface area (TPSA) is 60.4 Å². The molecule has 17 heavy (non-hydrogen) atoms. The zero-order valence-electron chi connectivity index (χ0n) is 10.3. The molecule has 0 heterocycles. The SMILES string of the molecule is CC[C@@H]1C(=O)C[C@]2(C(=O)OC)C(=O)CCC[C@@H]12. The van der Waals surface area contributed by atoms with Gasteiger partial charge < -0.3 is 4.74 Å². The molecule has 94 valence electrons. The lowest BCUT2D eigenvalue weighted by Crippen LogP contribution is -2.47. The normalized spacial score (nSPS) is 36.8. The van der Waals surface area contributed by atoms with Gasteiger partial charge in [0, 0.05) is 18.8 Å². The first kappa shape index (κ1) is 12.3.